The number of hydrogen-bond donors (Lipinski definition) is 3. The number of nitrogens with one attached hydrogen (secondary N) is 3. The Hall–Kier alpha value is -2.25. The molecule has 0 saturated carbocycles. The van der Waals surface area contributed by atoms with E-state index in [-0.39, 0.29) is 5.69 Å². The van der Waals surface area contributed by atoms with E-state index >= 15 is 0 Å². The minimum absolute atomic E-state index is 0.135. The summed E-state index contributed by atoms with van der Waals surface area (Å²) in [7, 11) is 0. The lowest BCUT2D eigenvalue weighted by Gasteiger charge is -2.30. The summed E-state index contributed by atoms with van der Waals surface area (Å²) in [6.07, 6.45) is 0. The van der Waals surface area contributed by atoms with E-state index < -0.39 is 17.8 Å². The van der Waals surface area contributed by atoms with Gasteiger partial charge in [0, 0.05) is 10.2 Å². The quantitative estimate of drug-likeness (QED) is 0.657. The highest BCUT2D eigenvalue weighted by Crippen LogP contribution is 2.29. The zero-order valence-corrected chi connectivity index (χ0v) is 15.7. The molecule has 1 amide bonds. The summed E-state index contributed by atoms with van der Waals surface area (Å²) in [6.45, 7) is 1.77. The number of allylic oxidation sites excluding steroid dienone is 1. The summed E-state index contributed by atoms with van der Waals surface area (Å²) in [4.78, 5) is 12.8. The fraction of sp³-hybridized carbons (Fsp3) is 0.111. The van der Waals surface area contributed by atoms with Gasteiger partial charge in [-0.1, -0.05) is 40.2 Å². The summed E-state index contributed by atoms with van der Waals surface area (Å²) in [6, 6.07) is 13.2. The van der Waals surface area contributed by atoms with Crippen molar-refractivity contribution in [2.24, 2.45) is 0 Å². The van der Waals surface area contributed by atoms with Gasteiger partial charge in [0.2, 0.25) is 0 Å². The largest absolute Gasteiger partial charge is 0.351 e. The molecule has 0 radical (unpaired) electrons. The highest BCUT2D eigenvalue weighted by molar-refractivity contribution is 9.10. The minimum Gasteiger partial charge on any atom is -0.351 e. The van der Waals surface area contributed by atoms with E-state index in [1.807, 2.05) is 24.3 Å². The Labute approximate surface area is 158 Å². The molecule has 0 fully saturated rings. The van der Waals surface area contributed by atoms with Crippen molar-refractivity contribution in [2.75, 3.05) is 5.32 Å². The molecule has 0 unspecified atom stereocenters. The predicted molar refractivity (Wildman–Crippen MR) is 103 cm³/mol. The molecule has 2 aromatic carbocycles. The number of para-hydroxylation sites is 1. The molecule has 4 nitrogen and oxygen atoms in total. The number of hydrogen-bond acceptors (Lipinski definition) is 2. The van der Waals surface area contributed by atoms with Gasteiger partial charge in [0.1, 0.15) is 5.82 Å². The Morgan fingerprint density at radius 3 is 2.56 bits per heavy atom. The molecule has 3 rings (SSSR count). The molecule has 128 valence electrons. The van der Waals surface area contributed by atoms with E-state index in [1.54, 1.807) is 19.1 Å². The number of rotatable bonds is 3. The van der Waals surface area contributed by atoms with Gasteiger partial charge in [-0.2, -0.15) is 0 Å². The van der Waals surface area contributed by atoms with Crippen LogP contribution in [0.5, 0.6) is 0 Å². The summed E-state index contributed by atoms with van der Waals surface area (Å²) >= 11 is 8.62. The minimum atomic E-state index is -0.485. The van der Waals surface area contributed by atoms with Gasteiger partial charge >= 0.3 is 0 Å². The number of halogens is 2. The van der Waals surface area contributed by atoms with Crippen LogP contribution in [-0.2, 0) is 4.79 Å². The van der Waals surface area contributed by atoms with Crippen molar-refractivity contribution < 1.29 is 9.18 Å². The van der Waals surface area contributed by atoms with E-state index in [9.17, 15) is 9.18 Å². The summed E-state index contributed by atoms with van der Waals surface area (Å²) < 4.78 is 14.8. The first kappa shape index (κ1) is 17.6. The van der Waals surface area contributed by atoms with E-state index in [0.29, 0.717) is 16.4 Å². The van der Waals surface area contributed by atoms with Gasteiger partial charge < -0.3 is 16.0 Å². The van der Waals surface area contributed by atoms with Crippen molar-refractivity contribution in [3.63, 3.8) is 0 Å². The zero-order valence-electron chi connectivity index (χ0n) is 13.3. The number of amides is 1. The van der Waals surface area contributed by atoms with Crippen LogP contribution < -0.4 is 16.0 Å². The second-order valence-electron chi connectivity index (χ2n) is 5.56. The van der Waals surface area contributed by atoms with Crippen LogP contribution in [0.4, 0.5) is 10.1 Å². The van der Waals surface area contributed by atoms with Crippen LogP contribution in [0.3, 0.4) is 0 Å². The third-order valence-corrected chi connectivity index (χ3v) is 4.59. The van der Waals surface area contributed by atoms with Crippen molar-refractivity contribution in [2.45, 2.75) is 13.0 Å². The number of carbonyl (C=O) groups is 1. The van der Waals surface area contributed by atoms with Crippen molar-refractivity contribution in [1.82, 2.24) is 10.6 Å². The van der Waals surface area contributed by atoms with E-state index in [2.05, 4.69) is 31.9 Å². The second kappa shape index (κ2) is 7.33. The van der Waals surface area contributed by atoms with Crippen molar-refractivity contribution in [1.29, 1.82) is 0 Å². The van der Waals surface area contributed by atoms with E-state index in [4.69, 9.17) is 12.2 Å². The molecule has 0 aromatic heterocycles. The molecular formula is C18H15BrFN3OS. The van der Waals surface area contributed by atoms with Gasteiger partial charge in [0.15, 0.2) is 5.11 Å². The number of benzene rings is 2. The van der Waals surface area contributed by atoms with E-state index in [0.717, 1.165) is 10.0 Å². The Kier molecular flexibility index (Phi) is 5.15. The van der Waals surface area contributed by atoms with Crippen LogP contribution in [0.25, 0.3) is 0 Å². The summed E-state index contributed by atoms with van der Waals surface area (Å²) in [5.41, 5.74) is 2.10. The van der Waals surface area contributed by atoms with Gasteiger partial charge in [-0.25, -0.2) is 4.39 Å². The molecule has 7 heteroatoms. The molecule has 0 spiro atoms. The molecule has 2 aromatic rings. The van der Waals surface area contributed by atoms with Gasteiger partial charge in [-0.15, -0.1) is 0 Å². The molecule has 1 heterocycles. The highest BCUT2D eigenvalue weighted by Gasteiger charge is 2.30. The third kappa shape index (κ3) is 3.88. The van der Waals surface area contributed by atoms with Crippen molar-refractivity contribution in [3.8, 4) is 0 Å². The predicted octanol–water partition coefficient (Wildman–Crippen LogP) is 4.02. The highest BCUT2D eigenvalue weighted by atomic mass is 79.9. The van der Waals surface area contributed by atoms with E-state index in [1.165, 1.54) is 12.1 Å². The Morgan fingerprint density at radius 1 is 1.20 bits per heavy atom. The molecule has 1 atom stereocenters. The standard InChI is InChI=1S/C18H15BrFN3OS/c1-10-15(17(24)22-14-5-3-2-4-13(14)20)16(23-18(25)21-10)11-6-8-12(19)9-7-11/h2-9,16H,1H3,(H,22,24)(H2,21,23,25)/t16-/m0/s1. The lowest BCUT2D eigenvalue weighted by atomic mass is 9.95. The molecule has 0 aliphatic carbocycles. The number of anilines is 1. The van der Waals surface area contributed by atoms with Gasteiger partial charge in [-0.05, 0) is 49.0 Å². The number of carbonyl (C=O) groups excluding carboxylic acids is 1. The molecule has 0 bridgehead atoms. The molecule has 3 N–H and O–H groups in total. The van der Waals surface area contributed by atoms with Crippen LogP contribution >= 0.6 is 28.1 Å². The van der Waals surface area contributed by atoms with Crippen LogP contribution in [0.15, 0.2) is 64.3 Å². The van der Waals surface area contributed by atoms with Crippen LogP contribution in [0.2, 0.25) is 0 Å². The Morgan fingerprint density at radius 2 is 1.88 bits per heavy atom. The van der Waals surface area contributed by atoms with Gasteiger partial charge in [-0.3, -0.25) is 4.79 Å². The van der Waals surface area contributed by atoms with Crippen LogP contribution in [0, 0.1) is 5.82 Å². The zero-order chi connectivity index (χ0) is 18.0. The Bertz CT molecular complexity index is 867. The fourth-order valence-corrected chi connectivity index (χ4v) is 3.19. The third-order valence-electron chi connectivity index (χ3n) is 3.84. The first-order chi connectivity index (χ1) is 12.0. The molecular weight excluding hydrogens is 405 g/mol. The summed E-state index contributed by atoms with van der Waals surface area (Å²) in [5.74, 6) is -0.875. The van der Waals surface area contributed by atoms with Gasteiger partial charge in [0.05, 0.1) is 17.3 Å². The Balaban J connectivity index is 1.96. The van der Waals surface area contributed by atoms with Crippen LogP contribution in [-0.4, -0.2) is 11.0 Å². The number of thiocarbonyl (C=S) groups is 1. The average Bonchev–Trinajstić information content (AvgIpc) is 2.57. The maximum atomic E-state index is 13.9. The first-order valence-electron chi connectivity index (χ1n) is 7.55. The maximum absolute atomic E-state index is 13.9. The second-order valence-corrected chi connectivity index (χ2v) is 6.88. The molecule has 1 aliphatic rings. The van der Waals surface area contributed by atoms with Crippen molar-refractivity contribution >= 4 is 44.9 Å². The monoisotopic (exact) mass is 419 g/mol. The topological polar surface area (TPSA) is 53.2 Å². The smallest absolute Gasteiger partial charge is 0.255 e. The average molecular weight is 420 g/mol. The fourth-order valence-electron chi connectivity index (χ4n) is 2.65. The first-order valence-corrected chi connectivity index (χ1v) is 8.75. The maximum Gasteiger partial charge on any atom is 0.255 e. The lowest BCUT2D eigenvalue weighted by molar-refractivity contribution is -0.113. The van der Waals surface area contributed by atoms with Crippen LogP contribution in [0.1, 0.15) is 18.5 Å². The van der Waals surface area contributed by atoms with Crippen molar-refractivity contribution in [3.05, 3.63) is 75.7 Å². The lowest BCUT2D eigenvalue weighted by Crippen LogP contribution is -2.45. The molecule has 25 heavy (non-hydrogen) atoms. The normalized spacial score (nSPS) is 16.9. The SMILES string of the molecule is CC1=C(C(=O)Nc2ccccc2F)[C@H](c2ccc(Br)cc2)NC(=S)N1. The summed E-state index contributed by atoms with van der Waals surface area (Å²) in [5, 5.41) is 9.13. The van der Waals surface area contributed by atoms with Gasteiger partial charge in [0.25, 0.3) is 5.91 Å². The molecule has 1 aliphatic heterocycles. The molecule has 0 saturated heterocycles.